The van der Waals surface area contributed by atoms with Gasteiger partial charge in [-0.3, -0.25) is 9.59 Å². The molecule has 10 heteroatoms. The molecule has 1 aliphatic heterocycles. The first-order valence-corrected chi connectivity index (χ1v) is 11.9. The number of hydrogen-bond acceptors (Lipinski definition) is 7. The lowest BCUT2D eigenvalue weighted by Crippen LogP contribution is -2.54. The molecule has 1 aromatic heterocycles. The highest BCUT2D eigenvalue weighted by Crippen LogP contribution is 2.25. The highest BCUT2D eigenvalue weighted by atomic mass is 35.5. The van der Waals surface area contributed by atoms with Crippen LogP contribution in [0.2, 0.25) is 5.15 Å². The second-order valence-corrected chi connectivity index (χ2v) is 8.83. The summed E-state index contributed by atoms with van der Waals surface area (Å²) in [6.07, 6.45) is 0.888. The van der Waals surface area contributed by atoms with E-state index in [1.165, 1.54) is 11.8 Å². The molecule has 2 heterocycles. The number of piperazine rings is 1. The fourth-order valence-corrected chi connectivity index (χ4v) is 4.36. The Morgan fingerprint density at radius 1 is 1.28 bits per heavy atom. The van der Waals surface area contributed by atoms with Crippen LogP contribution in [0.15, 0.2) is 35.5 Å². The van der Waals surface area contributed by atoms with Crippen LogP contribution >= 0.6 is 23.4 Å². The fraction of sp³-hybridized carbons (Fsp3) is 0.455. The molecule has 0 radical (unpaired) electrons. The Bertz CT molecular complexity index is 961. The first-order chi connectivity index (χ1) is 15.4. The van der Waals surface area contributed by atoms with E-state index in [2.05, 4.69) is 20.2 Å². The van der Waals surface area contributed by atoms with Crippen LogP contribution in [0.4, 0.5) is 5.82 Å². The number of thioether (sulfide) groups is 1. The molecule has 0 bridgehead atoms. The summed E-state index contributed by atoms with van der Waals surface area (Å²) in [5.74, 6) is 1.51. The molecule has 2 amide bonds. The van der Waals surface area contributed by atoms with Gasteiger partial charge in [0, 0.05) is 43.9 Å². The molecule has 1 fully saturated rings. The summed E-state index contributed by atoms with van der Waals surface area (Å²) in [4.78, 5) is 37.7. The molecule has 1 aromatic carbocycles. The van der Waals surface area contributed by atoms with Gasteiger partial charge in [-0.05, 0) is 31.5 Å². The Labute approximate surface area is 197 Å². The Morgan fingerprint density at radius 3 is 2.81 bits per heavy atom. The van der Waals surface area contributed by atoms with E-state index < -0.39 is 0 Å². The molecule has 3 rings (SSSR count). The van der Waals surface area contributed by atoms with Crippen LogP contribution in [-0.4, -0.2) is 71.8 Å². The van der Waals surface area contributed by atoms with Crippen molar-refractivity contribution in [1.29, 1.82) is 0 Å². The van der Waals surface area contributed by atoms with Crippen LogP contribution < -0.4 is 15.0 Å². The van der Waals surface area contributed by atoms with Crippen molar-refractivity contribution in [1.82, 2.24) is 20.2 Å². The number of benzene rings is 1. The third kappa shape index (κ3) is 6.26. The van der Waals surface area contributed by atoms with Gasteiger partial charge in [0.1, 0.15) is 16.7 Å². The number of rotatable bonds is 8. The van der Waals surface area contributed by atoms with Gasteiger partial charge < -0.3 is 19.9 Å². The number of hydrogen-bond donors (Lipinski definition) is 1. The number of nitrogens with zero attached hydrogens (tertiary/aromatic N) is 4. The summed E-state index contributed by atoms with van der Waals surface area (Å²) >= 11 is 7.48. The molecule has 0 spiro atoms. The molecular weight excluding hydrogens is 450 g/mol. The normalized spacial score (nSPS) is 16.1. The van der Waals surface area contributed by atoms with Gasteiger partial charge in [0.2, 0.25) is 5.91 Å². The molecule has 1 aliphatic rings. The first kappa shape index (κ1) is 24.1. The number of aromatic nitrogens is 2. The minimum Gasteiger partial charge on any atom is -0.497 e. The summed E-state index contributed by atoms with van der Waals surface area (Å²) in [5.41, 5.74) is 0.606. The van der Waals surface area contributed by atoms with Crippen LogP contribution in [0.1, 0.15) is 30.6 Å². The third-order valence-electron chi connectivity index (χ3n) is 5.09. The SMILES string of the molecule is CCCNC(=O)CSc1nc(Cl)cc(N2CCN(C(=O)c3cccc(OC)c3)C(C)C2)n1. The standard InChI is InChI=1S/C22H28ClN5O3S/c1-4-8-24-20(29)14-32-22-25-18(23)12-19(26-22)27-9-10-28(15(2)13-27)21(30)16-6-5-7-17(11-16)31-3/h5-7,11-12,15H,4,8-10,13-14H2,1-3H3,(H,24,29). The van der Waals surface area contributed by atoms with Gasteiger partial charge in [-0.15, -0.1) is 0 Å². The van der Waals surface area contributed by atoms with E-state index in [9.17, 15) is 9.59 Å². The Balaban J connectivity index is 1.65. The van der Waals surface area contributed by atoms with E-state index in [4.69, 9.17) is 16.3 Å². The summed E-state index contributed by atoms with van der Waals surface area (Å²) in [6.45, 7) is 6.46. The Kier molecular flexibility index (Phi) is 8.58. The molecule has 32 heavy (non-hydrogen) atoms. The van der Waals surface area contributed by atoms with Crippen molar-refractivity contribution in [2.45, 2.75) is 31.5 Å². The van der Waals surface area contributed by atoms with E-state index in [0.717, 1.165) is 6.42 Å². The number of carbonyl (C=O) groups excluding carboxylic acids is 2. The number of anilines is 1. The lowest BCUT2D eigenvalue weighted by Gasteiger charge is -2.40. The van der Waals surface area contributed by atoms with Gasteiger partial charge in [0.25, 0.3) is 5.91 Å². The summed E-state index contributed by atoms with van der Waals surface area (Å²) in [7, 11) is 1.59. The average molecular weight is 478 g/mol. The number of amides is 2. The lowest BCUT2D eigenvalue weighted by molar-refractivity contribution is -0.118. The maximum atomic E-state index is 13.0. The third-order valence-corrected chi connectivity index (χ3v) is 6.14. The lowest BCUT2D eigenvalue weighted by atomic mass is 10.1. The second kappa shape index (κ2) is 11.4. The number of methoxy groups -OCH3 is 1. The van der Waals surface area contributed by atoms with Crippen LogP contribution in [0.5, 0.6) is 5.75 Å². The Hall–Kier alpha value is -2.52. The molecule has 0 aliphatic carbocycles. The van der Waals surface area contributed by atoms with Crippen molar-refractivity contribution < 1.29 is 14.3 Å². The van der Waals surface area contributed by atoms with E-state index in [-0.39, 0.29) is 23.6 Å². The molecule has 1 saturated heterocycles. The second-order valence-electron chi connectivity index (χ2n) is 7.50. The van der Waals surface area contributed by atoms with Gasteiger partial charge >= 0.3 is 0 Å². The summed E-state index contributed by atoms with van der Waals surface area (Å²) in [5, 5.41) is 3.62. The van der Waals surface area contributed by atoms with Crippen molar-refractivity contribution >= 4 is 41.0 Å². The first-order valence-electron chi connectivity index (χ1n) is 10.5. The molecular formula is C22H28ClN5O3S. The van der Waals surface area contributed by atoms with Crippen molar-refractivity contribution in [3.8, 4) is 5.75 Å². The van der Waals surface area contributed by atoms with Crippen LogP contribution in [0.25, 0.3) is 0 Å². The summed E-state index contributed by atoms with van der Waals surface area (Å²) in [6, 6.07) is 8.89. The number of ether oxygens (including phenoxy) is 1. The Morgan fingerprint density at radius 2 is 2.09 bits per heavy atom. The van der Waals surface area contributed by atoms with E-state index in [0.29, 0.717) is 53.6 Å². The van der Waals surface area contributed by atoms with Gasteiger partial charge in [-0.2, -0.15) is 0 Å². The number of nitrogens with one attached hydrogen (secondary N) is 1. The number of halogens is 1. The maximum Gasteiger partial charge on any atom is 0.254 e. The molecule has 1 N–H and O–H groups in total. The highest BCUT2D eigenvalue weighted by molar-refractivity contribution is 7.99. The molecule has 1 unspecified atom stereocenters. The quantitative estimate of drug-likeness (QED) is 0.355. The zero-order chi connectivity index (χ0) is 23.1. The molecule has 172 valence electrons. The van der Waals surface area contributed by atoms with Crippen LogP contribution in [0.3, 0.4) is 0 Å². The predicted octanol–water partition coefficient (Wildman–Crippen LogP) is 3.11. The van der Waals surface area contributed by atoms with Crippen molar-refractivity contribution in [2.24, 2.45) is 0 Å². The number of carbonyl (C=O) groups is 2. The average Bonchev–Trinajstić information content (AvgIpc) is 2.80. The molecule has 0 saturated carbocycles. The zero-order valence-electron chi connectivity index (χ0n) is 18.5. The van der Waals surface area contributed by atoms with Crippen molar-refractivity contribution in [2.75, 3.05) is 43.9 Å². The van der Waals surface area contributed by atoms with Crippen LogP contribution in [0, 0.1) is 0 Å². The van der Waals surface area contributed by atoms with E-state index in [1.54, 1.807) is 25.3 Å². The van der Waals surface area contributed by atoms with Gasteiger partial charge in [-0.25, -0.2) is 9.97 Å². The van der Waals surface area contributed by atoms with Gasteiger partial charge in [-0.1, -0.05) is 36.4 Å². The topological polar surface area (TPSA) is 87.7 Å². The van der Waals surface area contributed by atoms with Crippen molar-refractivity contribution in [3.05, 3.63) is 41.0 Å². The monoisotopic (exact) mass is 477 g/mol. The van der Waals surface area contributed by atoms with Gasteiger partial charge in [0.05, 0.1) is 12.9 Å². The molecule has 8 nitrogen and oxygen atoms in total. The van der Waals surface area contributed by atoms with E-state index >= 15 is 0 Å². The van der Waals surface area contributed by atoms with Crippen molar-refractivity contribution in [3.63, 3.8) is 0 Å². The largest absolute Gasteiger partial charge is 0.497 e. The van der Waals surface area contributed by atoms with Gasteiger partial charge in [0.15, 0.2) is 5.16 Å². The smallest absolute Gasteiger partial charge is 0.254 e. The van der Waals surface area contributed by atoms with Crippen LogP contribution in [-0.2, 0) is 4.79 Å². The fourth-order valence-electron chi connectivity index (χ4n) is 3.45. The molecule has 2 aromatic rings. The zero-order valence-corrected chi connectivity index (χ0v) is 20.1. The predicted molar refractivity (Wildman–Crippen MR) is 127 cm³/mol. The molecule has 1 atom stereocenters. The highest BCUT2D eigenvalue weighted by Gasteiger charge is 2.29. The summed E-state index contributed by atoms with van der Waals surface area (Å²) < 4.78 is 5.24. The minimum absolute atomic E-state index is 0.0212. The maximum absolute atomic E-state index is 13.0. The van der Waals surface area contributed by atoms with E-state index in [1.807, 2.05) is 30.9 Å². The minimum atomic E-state index is -0.0553.